The van der Waals surface area contributed by atoms with Crippen LogP contribution in [0.5, 0.6) is 0 Å². The average Bonchev–Trinajstić information content (AvgIpc) is 2.36. The highest BCUT2D eigenvalue weighted by Gasteiger charge is 1.94. The Balaban J connectivity index is 2.28. The molecule has 0 aromatic heterocycles. The summed E-state index contributed by atoms with van der Waals surface area (Å²) in [6.45, 7) is 6.83. The first-order valence-electron chi connectivity index (χ1n) is 6.81. The Bertz CT molecular complexity index is 297. The van der Waals surface area contributed by atoms with E-state index >= 15 is 0 Å². The van der Waals surface area contributed by atoms with Crippen LogP contribution in [0.25, 0.3) is 0 Å². The monoisotopic (exact) mass is 231 g/mol. The lowest BCUT2D eigenvalue weighted by Gasteiger charge is -2.18. The van der Waals surface area contributed by atoms with Crippen LogP contribution in [0, 0.1) is 0 Å². The van der Waals surface area contributed by atoms with Crippen molar-refractivity contribution in [2.75, 3.05) is 13.1 Å². The molecule has 0 aliphatic rings. The third kappa shape index (κ3) is 6.15. The molecule has 0 spiro atoms. The number of hydrogen-bond donors (Lipinski definition) is 0. The Morgan fingerprint density at radius 2 is 1.65 bits per heavy atom. The number of hydrogen-bond acceptors (Lipinski definition) is 1. The second kappa shape index (κ2) is 8.86. The molecule has 17 heavy (non-hydrogen) atoms. The van der Waals surface area contributed by atoms with Crippen LogP contribution in [-0.4, -0.2) is 18.0 Å². The van der Waals surface area contributed by atoms with E-state index in [1.807, 2.05) is 0 Å². The Hall–Kier alpha value is -1.24. The smallest absolute Gasteiger partial charge is 0.0169 e. The minimum atomic E-state index is 1.13. The van der Waals surface area contributed by atoms with Crippen molar-refractivity contribution in [3.63, 3.8) is 0 Å². The molecular weight excluding hydrogens is 206 g/mol. The number of nitrogens with zero attached hydrogens (tertiary/aromatic N) is 1. The molecule has 0 aliphatic carbocycles. The van der Waals surface area contributed by atoms with Gasteiger partial charge in [0.25, 0.3) is 0 Å². The molecule has 1 aromatic carbocycles. The molecule has 94 valence electrons. The highest BCUT2D eigenvalue weighted by atomic mass is 15.1. The third-order valence-electron chi connectivity index (χ3n) is 2.78. The van der Waals surface area contributed by atoms with Crippen LogP contribution in [0.15, 0.2) is 42.6 Å². The summed E-state index contributed by atoms with van der Waals surface area (Å²) in [6.07, 6.45) is 9.30. The topological polar surface area (TPSA) is 3.24 Å². The summed E-state index contributed by atoms with van der Waals surface area (Å²) in [5.41, 5.74) is 1.43. The molecule has 0 saturated heterocycles. The second-order valence-electron chi connectivity index (χ2n) is 4.45. The summed E-state index contributed by atoms with van der Waals surface area (Å²) in [6, 6.07) is 10.7. The molecule has 1 nitrogen and oxygen atoms in total. The SMILES string of the molecule is CCCN(C=CCCc1ccccc1)CCC. The lowest BCUT2D eigenvalue weighted by Crippen LogP contribution is -2.18. The first-order chi connectivity index (χ1) is 8.36. The van der Waals surface area contributed by atoms with Crippen molar-refractivity contribution in [1.82, 2.24) is 4.90 Å². The first kappa shape index (κ1) is 13.8. The van der Waals surface area contributed by atoms with Crippen molar-refractivity contribution in [3.05, 3.63) is 48.2 Å². The summed E-state index contributed by atoms with van der Waals surface area (Å²) in [5, 5.41) is 0. The zero-order chi connectivity index (χ0) is 12.3. The predicted molar refractivity (Wildman–Crippen MR) is 76.1 cm³/mol. The van der Waals surface area contributed by atoms with Crippen LogP contribution >= 0.6 is 0 Å². The molecule has 1 heteroatoms. The van der Waals surface area contributed by atoms with Crippen LogP contribution < -0.4 is 0 Å². The maximum atomic E-state index is 2.42. The molecule has 0 fully saturated rings. The summed E-state index contributed by atoms with van der Waals surface area (Å²) < 4.78 is 0. The van der Waals surface area contributed by atoms with Crippen molar-refractivity contribution in [3.8, 4) is 0 Å². The highest BCUT2D eigenvalue weighted by molar-refractivity contribution is 5.15. The molecule has 0 N–H and O–H groups in total. The fourth-order valence-electron chi connectivity index (χ4n) is 1.95. The minimum Gasteiger partial charge on any atom is -0.378 e. The largest absolute Gasteiger partial charge is 0.378 e. The van der Waals surface area contributed by atoms with E-state index in [0.29, 0.717) is 0 Å². The van der Waals surface area contributed by atoms with Crippen molar-refractivity contribution < 1.29 is 0 Å². The van der Waals surface area contributed by atoms with Crippen molar-refractivity contribution in [2.24, 2.45) is 0 Å². The van der Waals surface area contributed by atoms with E-state index in [1.165, 1.54) is 31.5 Å². The molecule has 0 aliphatic heterocycles. The Kier molecular flexibility index (Phi) is 7.20. The number of aryl methyl sites for hydroxylation is 1. The van der Waals surface area contributed by atoms with Crippen molar-refractivity contribution in [1.29, 1.82) is 0 Å². The van der Waals surface area contributed by atoms with Crippen LogP contribution in [0.3, 0.4) is 0 Å². The molecule has 0 saturated carbocycles. The summed E-state index contributed by atoms with van der Waals surface area (Å²) in [5.74, 6) is 0. The van der Waals surface area contributed by atoms with E-state index in [0.717, 1.165) is 12.8 Å². The lowest BCUT2D eigenvalue weighted by atomic mass is 10.1. The fraction of sp³-hybridized carbons (Fsp3) is 0.500. The Morgan fingerprint density at radius 3 is 2.24 bits per heavy atom. The van der Waals surface area contributed by atoms with E-state index in [9.17, 15) is 0 Å². The molecule has 0 heterocycles. The van der Waals surface area contributed by atoms with Gasteiger partial charge in [-0.15, -0.1) is 0 Å². The van der Waals surface area contributed by atoms with Gasteiger partial charge in [-0.1, -0.05) is 50.3 Å². The van der Waals surface area contributed by atoms with Gasteiger partial charge < -0.3 is 4.90 Å². The van der Waals surface area contributed by atoms with Crippen LogP contribution in [-0.2, 0) is 6.42 Å². The van der Waals surface area contributed by atoms with Gasteiger partial charge in [0.2, 0.25) is 0 Å². The lowest BCUT2D eigenvalue weighted by molar-refractivity contribution is 0.374. The van der Waals surface area contributed by atoms with E-state index in [4.69, 9.17) is 0 Å². The Morgan fingerprint density at radius 1 is 1.00 bits per heavy atom. The molecule has 0 atom stereocenters. The first-order valence-corrected chi connectivity index (χ1v) is 6.81. The standard InChI is InChI=1S/C16H25N/c1-3-13-17(14-4-2)15-9-8-12-16-10-6-5-7-11-16/h5-7,9-11,15H,3-4,8,12-14H2,1-2H3. The molecule has 0 bridgehead atoms. The van der Waals surface area contributed by atoms with Gasteiger partial charge in [0.05, 0.1) is 0 Å². The highest BCUT2D eigenvalue weighted by Crippen LogP contribution is 2.04. The summed E-state index contributed by atoms with van der Waals surface area (Å²) in [4.78, 5) is 2.42. The van der Waals surface area contributed by atoms with Crippen molar-refractivity contribution >= 4 is 0 Å². The molecule has 0 amide bonds. The number of allylic oxidation sites excluding steroid dienone is 1. The van der Waals surface area contributed by atoms with Gasteiger partial charge >= 0.3 is 0 Å². The molecule has 1 rings (SSSR count). The average molecular weight is 231 g/mol. The normalized spacial score (nSPS) is 10.9. The number of benzene rings is 1. The molecule has 1 aromatic rings. The zero-order valence-corrected chi connectivity index (χ0v) is 11.2. The maximum absolute atomic E-state index is 2.42. The fourth-order valence-corrected chi connectivity index (χ4v) is 1.95. The van der Waals surface area contributed by atoms with E-state index in [-0.39, 0.29) is 0 Å². The minimum absolute atomic E-state index is 1.13. The van der Waals surface area contributed by atoms with Crippen LogP contribution in [0.2, 0.25) is 0 Å². The van der Waals surface area contributed by atoms with Gasteiger partial charge in [0.1, 0.15) is 0 Å². The van der Waals surface area contributed by atoms with Gasteiger partial charge in [0, 0.05) is 13.1 Å². The zero-order valence-electron chi connectivity index (χ0n) is 11.2. The summed E-state index contributed by atoms with van der Waals surface area (Å²) >= 11 is 0. The number of rotatable bonds is 8. The van der Waals surface area contributed by atoms with Crippen LogP contribution in [0.4, 0.5) is 0 Å². The molecular formula is C16H25N. The molecule has 0 radical (unpaired) electrons. The van der Waals surface area contributed by atoms with Gasteiger partial charge in [-0.05, 0) is 37.4 Å². The maximum Gasteiger partial charge on any atom is 0.0169 e. The third-order valence-corrected chi connectivity index (χ3v) is 2.78. The van der Waals surface area contributed by atoms with Crippen LogP contribution in [0.1, 0.15) is 38.7 Å². The van der Waals surface area contributed by atoms with E-state index in [2.05, 4.69) is 61.4 Å². The van der Waals surface area contributed by atoms with E-state index < -0.39 is 0 Å². The van der Waals surface area contributed by atoms with Gasteiger partial charge in [-0.2, -0.15) is 0 Å². The van der Waals surface area contributed by atoms with Gasteiger partial charge in [-0.25, -0.2) is 0 Å². The quantitative estimate of drug-likeness (QED) is 0.646. The van der Waals surface area contributed by atoms with Gasteiger partial charge in [-0.3, -0.25) is 0 Å². The summed E-state index contributed by atoms with van der Waals surface area (Å²) in [7, 11) is 0. The molecule has 0 unspecified atom stereocenters. The van der Waals surface area contributed by atoms with E-state index in [1.54, 1.807) is 0 Å². The van der Waals surface area contributed by atoms with Gasteiger partial charge in [0.15, 0.2) is 0 Å². The van der Waals surface area contributed by atoms with Crippen molar-refractivity contribution in [2.45, 2.75) is 39.5 Å². The Labute approximate surface area is 106 Å². The predicted octanol–water partition coefficient (Wildman–Crippen LogP) is 4.25. The second-order valence-corrected chi connectivity index (χ2v) is 4.45.